The molecule has 2 fully saturated rings. The number of carbonyl (C=O) groups excluding carboxylic acids is 4. The zero-order valence-electron chi connectivity index (χ0n) is 21.3. The molecule has 2 heterocycles. The van der Waals surface area contributed by atoms with Gasteiger partial charge >= 0.3 is 12.2 Å². The molecule has 2 aromatic rings. The highest BCUT2D eigenvalue weighted by molar-refractivity contribution is 5.87. The molecule has 2 N–H and O–H groups in total. The summed E-state index contributed by atoms with van der Waals surface area (Å²) in [7, 11) is 0. The van der Waals surface area contributed by atoms with Gasteiger partial charge in [-0.15, -0.1) is 0 Å². The predicted octanol–water partition coefficient (Wildman–Crippen LogP) is 2.82. The monoisotopic (exact) mass is 522 g/mol. The maximum absolute atomic E-state index is 12.7. The molecule has 0 aliphatic carbocycles. The van der Waals surface area contributed by atoms with E-state index in [0.717, 1.165) is 11.1 Å². The first-order valence-electron chi connectivity index (χ1n) is 13.0. The van der Waals surface area contributed by atoms with E-state index in [1.54, 1.807) is 0 Å². The summed E-state index contributed by atoms with van der Waals surface area (Å²) in [6.45, 7) is 1.63. The zero-order chi connectivity index (χ0) is 26.7. The quantitative estimate of drug-likeness (QED) is 0.489. The SMILES string of the molecule is O=C(NCCNC(=O)[C@@H]1CCCN1C(=O)OCc1ccccc1)[C@@H]1CCCN1C(=O)OCc1ccccc1. The van der Waals surface area contributed by atoms with Gasteiger partial charge in [0.2, 0.25) is 11.8 Å². The lowest BCUT2D eigenvalue weighted by Crippen LogP contribution is -2.49. The Bertz CT molecular complexity index is 1010. The Labute approximate surface area is 222 Å². The van der Waals surface area contributed by atoms with Gasteiger partial charge in [-0.05, 0) is 36.8 Å². The minimum absolute atomic E-state index is 0.147. The van der Waals surface area contributed by atoms with Gasteiger partial charge in [-0.2, -0.15) is 0 Å². The van der Waals surface area contributed by atoms with E-state index < -0.39 is 24.3 Å². The summed E-state index contributed by atoms with van der Waals surface area (Å²) in [5.74, 6) is -0.555. The minimum Gasteiger partial charge on any atom is -0.445 e. The molecule has 38 heavy (non-hydrogen) atoms. The van der Waals surface area contributed by atoms with Gasteiger partial charge in [0.1, 0.15) is 25.3 Å². The molecule has 2 aromatic carbocycles. The Hall–Kier alpha value is -4.08. The van der Waals surface area contributed by atoms with Crippen LogP contribution in [0.1, 0.15) is 36.8 Å². The van der Waals surface area contributed by atoms with Crippen LogP contribution in [-0.4, -0.2) is 72.1 Å². The molecule has 0 unspecified atom stereocenters. The first-order valence-corrected chi connectivity index (χ1v) is 13.0. The van der Waals surface area contributed by atoms with Crippen LogP contribution >= 0.6 is 0 Å². The largest absolute Gasteiger partial charge is 0.445 e. The molecule has 4 rings (SSSR count). The summed E-state index contributed by atoms with van der Waals surface area (Å²) in [5.41, 5.74) is 1.75. The predicted molar refractivity (Wildman–Crippen MR) is 139 cm³/mol. The van der Waals surface area contributed by atoms with Crippen LogP contribution in [0, 0.1) is 0 Å². The van der Waals surface area contributed by atoms with Crippen molar-refractivity contribution in [1.82, 2.24) is 20.4 Å². The number of nitrogens with zero attached hydrogens (tertiary/aromatic N) is 2. The highest BCUT2D eigenvalue weighted by Gasteiger charge is 2.36. The molecule has 0 spiro atoms. The van der Waals surface area contributed by atoms with Crippen LogP contribution < -0.4 is 10.6 Å². The van der Waals surface area contributed by atoms with Gasteiger partial charge in [-0.1, -0.05) is 60.7 Å². The Morgan fingerprint density at radius 2 is 1.05 bits per heavy atom. The normalized spacial score (nSPS) is 18.6. The number of nitrogens with one attached hydrogen (secondary N) is 2. The molecule has 2 aliphatic rings. The lowest BCUT2D eigenvalue weighted by Gasteiger charge is -2.24. The molecular formula is C28H34N4O6. The second-order valence-electron chi connectivity index (χ2n) is 9.37. The fraction of sp³-hybridized carbons (Fsp3) is 0.429. The number of hydrogen-bond donors (Lipinski definition) is 2. The van der Waals surface area contributed by atoms with Gasteiger partial charge in [-0.25, -0.2) is 9.59 Å². The van der Waals surface area contributed by atoms with Crippen LogP contribution in [0.25, 0.3) is 0 Å². The van der Waals surface area contributed by atoms with Crippen LogP contribution in [0.5, 0.6) is 0 Å². The lowest BCUT2D eigenvalue weighted by molar-refractivity contribution is -0.126. The highest BCUT2D eigenvalue weighted by Crippen LogP contribution is 2.20. The third kappa shape index (κ3) is 7.24. The van der Waals surface area contributed by atoms with Crippen LogP contribution in [0.4, 0.5) is 9.59 Å². The first-order chi connectivity index (χ1) is 18.5. The number of carbonyl (C=O) groups is 4. The number of hydrogen-bond acceptors (Lipinski definition) is 6. The molecule has 2 saturated heterocycles. The van der Waals surface area contributed by atoms with E-state index in [9.17, 15) is 19.2 Å². The van der Waals surface area contributed by atoms with E-state index in [-0.39, 0.29) is 38.1 Å². The average molecular weight is 523 g/mol. The molecule has 0 radical (unpaired) electrons. The summed E-state index contributed by atoms with van der Waals surface area (Å²) in [4.78, 5) is 53.4. The van der Waals surface area contributed by atoms with Crippen molar-refractivity contribution in [3.63, 3.8) is 0 Å². The van der Waals surface area contributed by atoms with Crippen molar-refractivity contribution in [2.75, 3.05) is 26.2 Å². The standard InChI is InChI=1S/C28H34N4O6/c33-25(23-13-7-17-31(23)27(35)37-19-21-9-3-1-4-10-21)29-15-16-30-26(34)24-14-8-18-32(24)28(36)38-20-22-11-5-2-6-12-22/h1-6,9-12,23-24H,7-8,13-20H2,(H,29,33)(H,30,34)/t23-,24-/m0/s1. The number of amides is 4. The van der Waals surface area contributed by atoms with E-state index in [1.165, 1.54) is 9.80 Å². The van der Waals surface area contributed by atoms with Crippen molar-refractivity contribution in [2.45, 2.75) is 51.0 Å². The second-order valence-corrected chi connectivity index (χ2v) is 9.37. The Morgan fingerprint density at radius 1 is 0.658 bits per heavy atom. The average Bonchev–Trinajstić information content (AvgIpc) is 3.64. The van der Waals surface area contributed by atoms with E-state index in [0.29, 0.717) is 38.8 Å². The van der Waals surface area contributed by atoms with E-state index in [2.05, 4.69) is 10.6 Å². The van der Waals surface area contributed by atoms with Gasteiger partial charge in [0, 0.05) is 26.2 Å². The van der Waals surface area contributed by atoms with E-state index >= 15 is 0 Å². The van der Waals surface area contributed by atoms with Gasteiger partial charge in [0.15, 0.2) is 0 Å². The smallest absolute Gasteiger partial charge is 0.410 e. The molecule has 4 amide bonds. The van der Waals surface area contributed by atoms with Crippen molar-refractivity contribution in [2.24, 2.45) is 0 Å². The van der Waals surface area contributed by atoms with Crippen molar-refractivity contribution < 1.29 is 28.7 Å². The van der Waals surface area contributed by atoms with E-state index in [4.69, 9.17) is 9.47 Å². The van der Waals surface area contributed by atoms with Crippen molar-refractivity contribution in [1.29, 1.82) is 0 Å². The summed E-state index contributed by atoms with van der Waals surface area (Å²) in [6, 6.07) is 17.5. The van der Waals surface area contributed by atoms with Gasteiger partial charge in [0.25, 0.3) is 0 Å². The Morgan fingerprint density at radius 3 is 1.45 bits per heavy atom. The summed E-state index contributed by atoms with van der Waals surface area (Å²) in [5, 5.41) is 5.59. The van der Waals surface area contributed by atoms with Crippen LogP contribution in [-0.2, 0) is 32.3 Å². The summed E-state index contributed by atoms with van der Waals surface area (Å²) < 4.78 is 10.8. The van der Waals surface area contributed by atoms with Gasteiger partial charge in [-0.3, -0.25) is 19.4 Å². The maximum Gasteiger partial charge on any atom is 0.410 e. The second kappa shape index (κ2) is 13.5. The third-order valence-corrected chi connectivity index (χ3v) is 6.71. The van der Waals surface area contributed by atoms with Gasteiger partial charge in [0.05, 0.1) is 0 Å². The van der Waals surface area contributed by atoms with Gasteiger partial charge < -0.3 is 20.1 Å². The number of benzene rings is 2. The highest BCUT2D eigenvalue weighted by atomic mass is 16.6. The van der Waals surface area contributed by atoms with Crippen molar-refractivity contribution in [3.05, 3.63) is 71.8 Å². The molecule has 10 nitrogen and oxygen atoms in total. The molecule has 202 valence electrons. The van der Waals surface area contributed by atoms with Crippen LogP contribution in [0.2, 0.25) is 0 Å². The van der Waals surface area contributed by atoms with Crippen molar-refractivity contribution in [3.8, 4) is 0 Å². The molecule has 2 aliphatic heterocycles. The molecule has 0 aromatic heterocycles. The summed E-state index contributed by atoms with van der Waals surface area (Å²) >= 11 is 0. The Kier molecular flexibility index (Phi) is 9.55. The lowest BCUT2D eigenvalue weighted by atomic mass is 10.2. The molecular weight excluding hydrogens is 488 g/mol. The fourth-order valence-electron chi connectivity index (χ4n) is 4.73. The fourth-order valence-corrected chi connectivity index (χ4v) is 4.73. The zero-order valence-corrected chi connectivity index (χ0v) is 21.3. The Balaban J connectivity index is 1.16. The van der Waals surface area contributed by atoms with Crippen molar-refractivity contribution >= 4 is 24.0 Å². The number of rotatable bonds is 9. The minimum atomic E-state index is -0.598. The topological polar surface area (TPSA) is 117 Å². The van der Waals surface area contributed by atoms with Crippen LogP contribution in [0.3, 0.4) is 0 Å². The number of likely N-dealkylation sites (tertiary alicyclic amines) is 2. The third-order valence-electron chi connectivity index (χ3n) is 6.71. The molecule has 0 bridgehead atoms. The summed E-state index contributed by atoms with van der Waals surface area (Å²) in [6.07, 6.45) is 1.52. The molecule has 2 atom stereocenters. The van der Waals surface area contributed by atoms with Crippen LogP contribution in [0.15, 0.2) is 60.7 Å². The first kappa shape index (κ1) is 27.0. The van der Waals surface area contributed by atoms with E-state index in [1.807, 2.05) is 60.7 Å². The maximum atomic E-state index is 12.7. The number of ether oxygens (including phenoxy) is 2. The molecule has 10 heteroatoms. The molecule has 0 saturated carbocycles.